The van der Waals surface area contributed by atoms with Crippen LogP contribution in [0.4, 0.5) is 32.3 Å². The number of aryl methyl sites for hydroxylation is 4. The van der Waals surface area contributed by atoms with E-state index in [4.69, 9.17) is 48.7 Å². The second-order valence-electron chi connectivity index (χ2n) is 24.9. The van der Waals surface area contributed by atoms with E-state index >= 15 is 0 Å². The number of carbonyl (C=O) groups is 6. The Kier molecular flexibility index (Phi) is 27.6. The molecule has 33 heteroatoms. The van der Waals surface area contributed by atoms with Crippen LogP contribution < -0.4 is 35.3 Å². The average molecular weight is 1460 g/mol. The number of anilines is 4. The second-order valence-corrected chi connectivity index (χ2v) is 28.4. The molecule has 4 aromatic heterocycles. The number of hydrogen-bond acceptors (Lipinski definition) is 24. The van der Waals surface area contributed by atoms with Crippen molar-refractivity contribution in [1.82, 2.24) is 39.4 Å². The Morgan fingerprint density at radius 3 is 1.53 bits per heavy atom. The molecule has 31 nitrogen and oxygen atoms in total. The van der Waals surface area contributed by atoms with Gasteiger partial charge in [-0.2, -0.15) is 4.90 Å². The first-order valence-electron chi connectivity index (χ1n) is 32.8. The van der Waals surface area contributed by atoms with E-state index in [2.05, 4.69) is 40.5 Å². The van der Waals surface area contributed by atoms with Gasteiger partial charge in [-0.15, -0.1) is 20.4 Å². The summed E-state index contributed by atoms with van der Waals surface area (Å²) in [5.74, 6) is 0.0223. The molecule has 2 saturated heterocycles. The fourth-order valence-electron chi connectivity index (χ4n) is 10.5. The Morgan fingerprint density at radius 2 is 1.03 bits per heavy atom. The molecular weight excluding hydrogens is 1380 g/mol. The van der Waals surface area contributed by atoms with Gasteiger partial charge in [0.05, 0.1) is 107 Å². The van der Waals surface area contributed by atoms with Crippen molar-refractivity contribution < 1.29 is 88.6 Å². The van der Waals surface area contributed by atoms with E-state index < -0.39 is 55.6 Å². The van der Waals surface area contributed by atoms with Gasteiger partial charge < -0.3 is 48.7 Å². The van der Waals surface area contributed by atoms with E-state index in [1.165, 1.54) is 0 Å². The number of sulfonamides is 2. The molecule has 0 radical (unpaired) electrons. The fraction of sp³-hybridized carbons (Fsp3) is 0.400. The van der Waals surface area contributed by atoms with E-state index in [0.29, 0.717) is 152 Å². The SMILES string of the molecule is CC(C)(C)OC(=O)N1C(=O)CCC(c2ccc(OCCOCCOCCO)cc2)C1=O.Cc1ccc(-c2cc(N)c3nnc(C)n3c2)cc1NS(C)(=O)=O.Cc1ccc(-c2cc(NC(=O)OCCOCCOCCOc3ccc(C4CCC(=O)NC4=O)cc3)c3nnc(C)n3c2)cc1NS(C)(=O)=O. The summed E-state index contributed by atoms with van der Waals surface area (Å²) in [4.78, 5) is 73.9. The number of fused-ring (bicyclic) bond motifs is 2. The van der Waals surface area contributed by atoms with Gasteiger partial charge in [-0.25, -0.2) is 26.4 Å². The largest absolute Gasteiger partial charge is 0.491 e. The number of aliphatic hydroxyl groups is 1. The molecule has 6 amide bonds. The van der Waals surface area contributed by atoms with Crippen LogP contribution in [-0.2, 0) is 67.6 Å². The third-order valence-corrected chi connectivity index (χ3v) is 16.8. The van der Waals surface area contributed by atoms with Gasteiger partial charge in [0.15, 0.2) is 11.3 Å². The number of aromatic nitrogens is 6. The Morgan fingerprint density at radius 1 is 0.573 bits per heavy atom. The van der Waals surface area contributed by atoms with Crippen molar-refractivity contribution in [3.63, 3.8) is 0 Å². The zero-order valence-corrected chi connectivity index (χ0v) is 60.3. The average Bonchev–Trinajstić information content (AvgIpc) is 1.77. The fourth-order valence-corrected chi connectivity index (χ4v) is 11.8. The third-order valence-electron chi connectivity index (χ3n) is 15.6. The second kappa shape index (κ2) is 36.1. The van der Waals surface area contributed by atoms with Crippen molar-refractivity contribution in [2.75, 3.05) is 112 Å². The van der Waals surface area contributed by atoms with Gasteiger partial charge in [-0.3, -0.25) is 48.1 Å². The summed E-state index contributed by atoms with van der Waals surface area (Å²) in [5, 5.41) is 30.0. The highest BCUT2D eigenvalue weighted by molar-refractivity contribution is 7.92. The lowest BCUT2D eigenvalue weighted by Crippen LogP contribution is -2.49. The number of piperidine rings is 2. The molecule has 552 valence electrons. The summed E-state index contributed by atoms with van der Waals surface area (Å²) in [6, 6.07) is 28.7. The van der Waals surface area contributed by atoms with Crippen LogP contribution in [0.2, 0.25) is 0 Å². The topological polar surface area (TPSA) is 403 Å². The van der Waals surface area contributed by atoms with Gasteiger partial charge in [0.1, 0.15) is 48.6 Å². The highest BCUT2D eigenvalue weighted by Gasteiger charge is 2.41. The van der Waals surface area contributed by atoms with Crippen molar-refractivity contribution in [3.05, 3.63) is 143 Å². The molecule has 7 N–H and O–H groups in total. The molecule has 103 heavy (non-hydrogen) atoms. The zero-order chi connectivity index (χ0) is 74.6. The number of nitrogens with zero attached hydrogens (tertiary/aromatic N) is 7. The maximum Gasteiger partial charge on any atom is 0.424 e. The van der Waals surface area contributed by atoms with E-state index in [9.17, 15) is 45.6 Å². The van der Waals surface area contributed by atoms with Gasteiger partial charge in [0, 0.05) is 36.4 Å². The number of amides is 6. The number of hydrogen-bond donors (Lipinski definition) is 6. The summed E-state index contributed by atoms with van der Waals surface area (Å²) in [6.07, 6.45) is 5.52. The lowest BCUT2D eigenvalue weighted by Gasteiger charge is -2.31. The number of imide groups is 4. The minimum atomic E-state index is -3.48. The Hall–Kier alpha value is -10.2. The first-order valence-corrected chi connectivity index (χ1v) is 36.6. The van der Waals surface area contributed by atoms with Crippen LogP contribution in [0.15, 0.2) is 109 Å². The van der Waals surface area contributed by atoms with Gasteiger partial charge in [0.25, 0.3) is 0 Å². The standard InChI is InChI=1S/C33H38N6O9S.C22H31NO8.C15H17N5O2S/c1-21-4-5-24(18-28(21)38-49(3,43)44)25-19-29(31-37-36-22(2)39(31)20-25)34-33(42)48-17-15-46-13-12-45-14-16-47-26-8-6-23(7-9-26)27-10-11-30(40)35-32(27)41;1-22(2,3)31-21(27)23-19(25)9-8-18(20(23)26)16-4-6-17(7-5-16)30-15-14-29-13-12-28-11-10-24;1-9-4-5-11(7-14(9)19-23(3,21)22)12-6-13(16)15-18-17-10(2)20(15)8-12/h4-9,18-20,27,38H,10-17H2,1-3H3,(H,34,42)(H,35,40,41);4-7,18,24H,8-15H2,1-3H3;4-8,19H,16H2,1-3H3. The van der Waals surface area contributed by atoms with Crippen molar-refractivity contribution in [1.29, 1.82) is 0 Å². The Labute approximate surface area is 596 Å². The number of nitrogens with one attached hydrogen (secondary N) is 4. The molecule has 2 aliphatic rings. The van der Waals surface area contributed by atoms with Crippen LogP contribution >= 0.6 is 0 Å². The molecule has 0 spiro atoms. The molecule has 6 heterocycles. The maximum absolute atomic E-state index is 12.8. The lowest BCUT2D eigenvalue weighted by molar-refractivity contribution is -0.148. The highest BCUT2D eigenvalue weighted by atomic mass is 32.2. The van der Waals surface area contributed by atoms with E-state index in [1.54, 1.807) is 112 Å². The zero-order valence-electron chi connectivity index (χ0n) is 58.7. The quantitative estimate of drug-likeness (QED) is 0.0201. The number of rotatable bonds is 28. The van der Waals surface area contributed by atoms with Crippen molar-refractivity contribution >= 4 is 89.9 Å². The Bertz CT molecular complexity index is 4550. The molecule has 2 aliphatic heterocycles. The van der Waals surface area contributed by atoms with Crippen LogP contribution in [0.1, 0.15) is 92.2 Å². The summed E-state index contributed by atoms with van der Waals surface area (Å²) in [7, 11) is -6.82. The van der Waals surface area contributed by atoms with E-state index in [1.807, 2.05) is 54.8 Å². The normalized spacial score (nSPS) is 14.8. The van der Waals surface area contributed by atoms with Crippen molar-refractivity contribution in [2.45, 2.75) is 91.6 Å². The highest BCUT2D eigenvalue weighted by Crippen LogP contribution is 2.34. The number of aliphatic hydroxyl groups excluding tert-OH is 1. The van der Waals surface area contributed by atoms with E-state index in [-0.39, 0.29) is 44.0 Å². The first kappa shape index (κ1) is 78.6. The molecule has 0 aliphatic carbocycles. The molecule has 0 bridgehead atoms. The van der Waals surface area contributed by atoms with E-state index in [0.717, 1.165) is 46.2 Å². The van der Waals surface area contributed by atoms with Crippen LogP contribution in [0, 0.1) is 27.7 Å². The number of nitrogen functional groups attached to an aromatic ring is 1. The van der Waals surface area contributed by atoms with Gasteiger partial charge in [0.2, 0.25) is 43.7 Å². The minimum absolute atomic E-state index is 0.00391. The number of benzene rings is 4. The van der Waals surface area contributed by atoms with Crippen LogP contribution in [0.5, 0.6) is 11.5 Å². The van der Waals surface area contributed by atoms with Gasteiger partial charge in [-0.05, 0) is 143 Å². The predicted molar refractivity (Wildman–Crippen MR) is 382 cm³/mol. The summed E-state index contributed by atoms with van der Waals surface area (Å²) >= 11 is 0. The third kappa shape index (κ3) is 23.4. The number of pyridine rings is 2. The molecule has 2 unspecified atom stereocenters. The number of ether oxygens (including phenoxy) is 8. The Balaban J connectivity index is 0.000000212. The van der Waals surface area contributed by atoms with Gasteiger partial charge >= 0.3 is 12.2 Å². The molecule has 2 atom stereocenters. The summed E-state index contributed by atoms with van der Waals surface area (Å²) in [6.45, 7) is 15.6. The van der Waals surface area contributed by atoms with Crippen molar-refractivity contribution in [3.8, 4) is 33.8 Å². The molecular formula is C70H86N12O19S2. The summed E-state index contributed by atoms with van der Waals surface area (Å²) in [5.41, 5.74) is 14.4. The lowest BCUT2D eigenvalue weighted by atomic mass is 9.89. The monoisotopic (exact) mass is 1460 g/mol. The number of nitrogens with two attached hydrogens (primary N) is 1. The molecule has 0 saturated carbocycles. The molecule has 10 rings (SSSR count). The molecule has 4 aromatic carbocycles. The number of likely N-dealkylation sites (tertiary alicyclic amines) is 1. The van der Waals surface area contributed by atoms with Crippen molar-refractivity contribution in [2.24, 2.45) is 0 Å². The number of carbonyl (C=O) groups excluding carboxylic acids is 6. The maximum atomic E-state index is 12.8. The van der Waals surface area contributed by atoms with Gasteiger partial charge in [-0.1, -0.05) is 48.5 Å². The van der Waals surface area contributed by atoms with Crippen LogP contribution in [0.3, 0.4) is 0 Å². The first-order chi connectivity index (χ1) is 48.9. The molecule has 2 fully saturated rings. The van der Waals surface area contributed by atoms with Crippen LogP contribution in [-0.4, -0.2) is 189 Å². The smallest absolute Gasteiger partial charge is 0.424 e. The predicted octanol–water partition coefficient (Wildman–Crippen LogP) is 7.79. The molecule has 8 aromatic rings. The summed E-state index contributed by atoms with van der Waals surface area (Å²) < 4.78 is 98.5. The van der Waals surface area contributed by atoms with Crippen LogP contribution in [0.25, 0.3) is 33.5 Å². The minimum Gasteiger partial charge on any atom is -0.491 e.